The molecule has 1 aromatic heterocycles. The molecule has 1 heterocycles. The molecule has 0 aliphatic carbocycles. The van der Waals surface area contributed by atoms with E-state index in [1.807, 2.05) is 0 Å². The summed E-state index contributed by atoms with van der Waals surface area (Å²) in [6.07, 6.45) is 1.99. The van der Waals surface area contributed by atoms with Crippen LogP contribution in [0.3, 0.4) is 0 Å². The molecule has 0 saturated heterocycles. The van der Waals surface area contributed by atoms with E-state index in [9.17, 15) is 14.0 Å². The number of rotatable bonds is 6. The van der Waals surface area contributed by atoms with E-state index in [1.165, 1.54) is 21.7 Å². The van der Waals surface area contributed by atoms with E-state index in [4.69, 9.17) is 5.11 Å². The predicted octanol–water partition coefficient (Wildman–Crippen LogP) is 2.71. The van der Waals surface area contributed by atoms with Crippen molar-refractivity contribution in [3.05, 3.63) is 46.4 Å². The number of hydrogen-bond acceptors (Lipinski definition) is 3. The van der Waals surface area contributed by atoms with Crippen molar-refractivity contribution in [3.63, 3.8) is 0 Å². The number of carboxylic acids is 1. The van der Waals surface area contributed by atoms with Crippen LogP contribution in [0.4, 0.5) is 4.39 Å². The monoisotopic (exact) mass is 383 g/mol. The normalized spacial score (nSPS) is 10.6. The van der Waals surface area contributed by atoms with Gasteiger partial charge in [0.25, 0.3) is 5.91 Å². The topological polar surface area (TPSA) is 75.4 Å². The summed E-state index contributed by atoms with van der Waals surface area (Å²) in [6, 6.07) is 5.73. The van der Waals surface area contributed by atoms with E-state index >= 15 is 0 Å². The lowest BCUT2D eigenvalue weighted by Gasteiger charge is -2.15. The zero-order chi connectivity index (χ0) is 17.0. The second-order valence-electron chi connectivity index (χ2n) is 4.97. The molecule has 122 valence electrons. The Morgan fingerprint density at radius 1 is 1.35 bits per heavy atom. The Labute approximate surface area is 140 Å². The minimum absolute atomic E-state index is 0.00279. The Hall–Kier alpha value is -2.22. The van der Waals surface area contributed by atoms with E-state index in [-0.39, 0.29) is 23.8 Å². The van der Waals surface area contributed by atoms with Gasteiger partial charge in [-0.05, 0) is 46.6 Å². The lowest BCUT2D eigenvalue weighted by atomic mass is 10.3. The molecule has 0 aliphatic rings. The highest BCUT2D eigenvalue weighted by molar-refractivity contribution is 9.10. The fourth-order valence-electron chi connectivity index (χ4n) is 1.97. The fourth-order valence-corrected chi connectivity index (χ4v) is 2.42. The van der Waals surface area contributed by atoms with Gasteiger partial charge in [-0.3, -0.25) is 9.59 Å². The quantitative estimate of drug-likeness (QED) is 0.831. The molecule has 6 nitrogen and oxygen atoms in total. The highest BCUT2D eigenvalue weighted by Crippen LogP contribution is 2.19. The molecule has 0 bridgehead atoms. The maximum absolute atomic E-state index is 13.0. The number of nitrogens with zero attached hydrogens (tertiary/aromatic N) is 3. The minimum atomic E-state index is -0.896. The molecule has 8 heteroatoms. The third kappa shape index (κ3) is 4.38. The number of carbonyl (C=O) groups excluding carboxylic acids is 1. The first-order valence-corrected chi connectivity index (χ1v) is 7.66. The fraction of sp³-hybridized carbons (Fsp3) is 0.267. The third-order valence-electron chi connectivity index (χ3n) is 3.19. The number of carbonyl (C=O) groups is 2. The highest BCUT2D eigenvalue weighted by atomic mass is 79.9. The molecule has 0 radical (unpaired) electrons. The Morgan fingerprint density at radius 2 is 2.00 bits per heavy atom. The Balaban J connectivity index is 2.12. The summed E-state index contributed by atoms with van der Waals surface area (Å²) in [4.78, 5) is 24.3. The summed E-state index contributed by atoms with van der Waals surface area (Å²) in [5.41, 5.74) is 0.840. The molecular formula is C15H15BrFN3O3. The molecule has 23 heavy (non-hydrogen) atoms. The number of halogens is 2. The van der Waals surface area contributed by atoms with Crippen molar-refractivity contribution in [2.45, 2.75) is 12.8 Å². The van der Waals surface area contributed by atoms with Gasteiger partial charge in [-0.1, -0.05) is 0 Å². The van der Waals surface area contributed by atoms with Crippen LogP contribution in [-0.4, -0.2) is 45.3 Å². The van der Waals surface area contributed by atoms with Crippen LogP contribution in [0, 0.1) is 5.82 Å². The summed E-state index contributed by atoms with van der Waals surface area (Å²) < 4.78 is 14.9. The van der Waals surface area contributed by atoms with Gasteiger partial charge in [0.15, 0.2) is 5.69 Å². The average Bonchev–Trinajstić information content (AvgIpc) is 2.88. The smallest absolute Gasteiger partial charge is 0.303 e. The van der Waals surface area contributed by atoms with Crippen LogP contribution in [0.1, 0.15) is 23.3 Å². The third-order valence-corrected chi connectivity index (χ3v) is 3.77. The zero-order valence-electron chi connectivity index (χ0n) is 12.4. The highest BCUT2D eigenvalue weighted by Gasteiger charge is 2.19. The zero-order valence-corrected chi connectivity index (χ0v) is 14.0. The number of aromatic nitrogens is 2. The van der Waals surface area contributed by atoms with Crippen LogP contribution >= 0.6 is 15.9 Å². The van der Waals surface area contributed by atoms with E-state index < -0.39 is 5.97 Å². The van der Waals surface area contributed by atoms with Crippen LogP contribution in [0.15, 0.2) is 34.9 Å². The second-order valence-corrected chi connectivity index (χ2v) is 5.82. The molecular weight excluding hydrogens is 369 g/mol. The van der Waals surface area contributed by atoms with Gasteiger partial charge in [-0.25, -0.2) is 9.07 Å². The van der Waals surface area contributed by atoms with Crippen molar-refractivity contribution in [1.29, 1.82) is 0 Å². The number of carboxylic acid groups (broad SMARTS) is 1. The van der Waals surface area contributed by atoms with Crippen molar-refractivity contribution in [2.24, 2.45) is 0 Å². The molecule has 1 N–H and O–H groups in total. The van der Waals surface area contributed by atoms with Gasteiger partial charge < -0.3 is 10.0 Å². The standard InChI is InChI=1S/C15H15BrFN3O3/c1-19(8-2-3-13(21)22)15(23)14-12(16)9-20(18-14)11-6-4-10(17)5-7-11/h4-7,9H,2-3,8H2,1H3,(H,21,22). The molecule has 1 aromatic carbocycles. The first-order chi connectivity index (χ1) is 10.9. The van der Waals surface area contributed by atoms with E-state index in [1.54, 1.807) is 25.4 Å². The Morgan fingerprint density at radius 3 is 2.61 bits per heavy atom. The predicted molar refractivity (Wildman–Crippen MR) is 85.1 cm³/mol. The van der Waals surface area contributed by atoms with Gasteiger partial charge in [-0.2, -0.15) is 5.10 Å². The summed E-state index contributed by atoms with van der Waals surface area (Å²) in [5, 5.41) is 12.8. The maximum Gasteiger partial charge on any atom is 0.303 e. The number of hydrogen-bond donors (Lipinski definition) is 1. The van der Waals surface area contributed by atoms with Crippen molar-refractivity contribution in [2.75, 3.05) is 13.6 Å². The van der Waals surface area contributed by atoms with Crippen molar-refractivity contribution in [3.8, 4) is 5.69 Å². The molecule has 0 spiro atoms. The largest absolute Gasteiger partial charge is 0.481 e. The number of aliphatic carboxylic acids is 1. The summed E-state index contributed by atoms with van der Waals surface area (Å²) >= 11 is 3.29. The Bertz CT molecular complexity index is 715. The van der Waals surface area contributed by atoms with E-state index in [2.05, 4.69) is 21.0 Å². The molecule has 0 aliphatic heterocycles. The van der Waals surface area contributed by atoms with Crippen LogP contribution in [0.25, 0.3) is 5.69 Å². The van der Waals surface area contributed by atoms with Gasteiger partial charge in [0.1, 0.15) is 5.82 Å². The van der Waals surface area contributed by atoms with Crippen LogP contribution in [0.2, 0.25) is 0 Å². The van der Waals surface area contributed by atoms with Crippen molar-refractivity contribution < 1.29 is 19.1 Å². The first-order valence-electron chi connectivity index (χ1n) is 6.87. The maximum atomic E-state index is 13.0. The average molecular weight is 384 g/mol. The first kappa shape index (κ1) is 17.1. The summed E-state index contributed by atoms with van der Waals surface area (Å²) in [7, 11) is 1.59. The molecule has 1 amide bonds. The number of benzene rings is 1. The molecule has 2 rings (SSSR count). The van der Waals surface area contributed by atoms with Gasteiger partial charge in [0.2, 0.25) is 0 Å². The molecule has 0 atom stereocenters. The lowest BCUT2D eigenvalue weighted by Crippen LogP contribution is -2.28. The van der Waals surface area contributed by atoms with Gasteiger partial charge in [0.05, 0.1) is 10.2 Å². The molecule has 2 aromatic rings. The lowest BCUT2D eigenvalue weighted by molar-refractivity contribution is -0.137. The minimum Gasteiger partial charge on any atom is -0.481 e. The van der Waals surface area contributed by atoms with Gasteiger partial charge in [-0.15, -0.1) is 0 Å². The van der Waals surface area contributed by atoms with Gasteiger partial charge in [0, 0.05) is 26.2 Å². The van der Waals surface area contributed by atoms with Crippen LogP contribution in [-0.2, 0) is 4.79 Å². The van der Waals surface area contributed by atoms with Crippen LogP contribution < -0.4 is 0 Å². The second kappa shape index (κ2) is 7.36. The summed E-state index contributed by atoms with van der Waals surface area (Å²) in [6.45, 7) is 0.320. The Kier molecular flexibility index (Phi) is 5.49. The van der Waals surface area contributed by atoms with E-state index in [0.29, 0.717) is 23.1 Å². The molecule has 0 unspecified atom stereocenters. The van der Waals surface area contributed by atoms with Gasteiger partial charge >= 0.3 is 5.97 Å². The summed E-state index contributed by atoms with van der Waals surface area (Å²) in [5.74, 6) is -1.56. The SMILES string of the molecule is CN(CCCC(=O)O)C(=O)c1nn(-c2ccc(F)cc2)cc1Br. The van der Waals surface area contributed by atoms with Crippen LogP contribution in [0.5, 0.6) is 0 Å². The molecule has 0 saturated carbocycles. The van der Waals surface area contributed by atoms with Crippen molar-refractivity contribution >= 4 is 27.8 Å². The number of amides is 1. The van der Waals surface area contributed by atoms with Crippen molar-refractivity contribution in [1.82, 2.24) is 14.7 Å². The molecule has 0 fully saturated rings. The van der Waals surface area contributed by atoms with E-state index in [0.717, 1.165) is 0 Å².